The molecule has 1 amide bonds. The highest BCUT2D eigenvalue weighted by molar-refractivity contribution is 7.59. The van der Waals surface area contributed by atoms with Crippen LogP contribution in [0, 0.1) is 12.8 Å². The molecule has 3 aromatic rings. The van der Waals surface area contributed by atoms with Gasteiger partial charge in [0, 0.05) is 19.0 Å². The number of anilines is 1. The number of aromatic nitrogens is 4. The minimum atomic E-state index is -0.549. The van der Waals surface area contributed by atoms with Crippen LogP contribution < -0.4 is 15.4 Å². The number of ketones is 1. The maximum absolute atomic E-state index is 12.7. The molecule has 0 aliphatic carbocycles. The Hall–Kier alpha value is -3.08. The maximum Gasteiger partial charge on any atom is 0.407 e. The molecule has 3 rings (SSSR count). The summed E-state index contributed by atoms with van der Waals surface area (Å²) in [5.41, 5.74) is 2.38. The van der Waals surface area contributed by atoms with Crippen molar-refractivity contribution in [3.05, 3.63) is 24.0 Å². The quantitative estimate of drug-likeness (QED) is 0.338. The number of benzene rings is 1. The molecule has 0 saturated heterocycles. The first-order valence-electron chi connectivity index (χ1n) is 12.1. The summed E-state index contributed by atoms with van der Waals surface area (Å²) in [6, 6.07) is 5.20. The number of alkyl carbamates (subject to hydrolysis) is 1. The van der Waals surface area contributed by atoms with Crippen molar-refractivity contribution in [1.29, 1.82) is 0 Å². The van der Waals surface area contributed by atoms with Crippen LogP contribution in [0.1, 0.15) is 59.2 Å². The molecular weight excluding hydrogens is 480 g/mol. The highest BCUT2D eigenvalue weighted by Crippen LogP contribution is 2.25. The molecule has 0 unspecified atom stereocenters. The van der Waals surface area contributed by atoms with E-state index in [2.05, 4.69) is 20.8 Å². The summed E-state index contributed by atoms with van der Waals surface area (Å²) < 4.78 is 12.4. The summed E-state index contributed by atoms with van der Waals surface area (Å²) in [6.45, 7) is 9.98. The second kappa shape index (κ2) is 13.3. The van der Waals surface area contributed by atoms with Crippen LogP contribution in [0.15, 0.2) is 18.2 Å². The molecule has 2 aromatic heterocycles. The summed E-state index contributed by atoms with van der Waals surface area (Å²) in [4.78, 5) is 29.3. The molecule has 198 valence electrons. The fraction of sp³-hybridized carbons (Fsp3) is 0.560. The summed E-state index contributed by atoms with van der Waals surface area (Å²) in [5, 5.41) is 14.6. The lowest BCUT2D eigenvalue weighted by molar-refractivity contribution is -0.122. The van der Waals surface area contributed by atoms with Gasteiger partial charge in [0.1, 0.15) is 11.6 Å². The molecular formula is C25H38N6O4S. The van der Waals surface area contributed by atoms with Crippen LogP contribution >= 0.6 is 13.5 Å². The van der Waals surface area contributed by atoms with Crippen LogP contribution in [0.5, 0.6) is 5.75 Å². The number of hydrogen-bond donors (Lipinski definition) is 2. The number of nitrogens with one attached hydrogen (secondary N) is 2. The van der Waals surface area contributed by atoms with Crippen molar-refractivity contribution in [3.63, 3.8) is 0 Å². The number of carbonyl (C=O) groups excluding carboxylic acids is 2. The minimum absolute atomic E-state index is 0. The molecule has 0 bridgehead atoms. The smallest absolute Gasteiger partial charge is 0.407 e. The fourth-order valence-corrected chi connectivity index (χ4v) is 3.96. The van der Waals surface area contributed by atoms with Gasteiger partial charge < -0.3 is 20.1 Å². The summed E-state index contributed by atoms with van der Waals surface area (Å²) in [7, 11) is 1.63. The lowest BCUT2D eigenvalue weighted by Gasteiger charge is -2.21. The molecule has 10 nitrogen and oxygen atoms in total. The van der Waals surface area contributed by atoms with Gasteiger partial charge in [-0.05, 0) is 51.7 Å². The Morgan fingerprint density at radius 2 is 1.83 bits per heavy atom. The average Bonchev–Trinajstić information content (AvgIpc) is 3.20. The van der Waals surface area contributed by atoms with Gasteiger partial charge in [-0.2, -0.15) is 13.5 Å². The second-order valence-corrected chi connectivity index (χ2v) is 9.25. The van der Waals surface area contributed by atoms with Gasteiger partial charge in [0.25, 0.3) is 0 Å². The van der Waals surface area contributed by atoms with E-state index in [-0.39, 0.29) is 31.3 Å². The SMILES string of the molecule is COc1ccc2c(c1)nc(NCCCCCC(=O)[C@@H](NC(=O)OC(C)C)C(C)C)c1nnc(C)n12.S. The predicted octanol–water partition coefficient (Wildman–Crippen LogP) is 4.41. The number of Topliss-reactive ketones (excluding diaryl/α,β-unsaturated/α-hetero) is 1. The van der Waals surface area contributed by atoms with Crippen molar-refractivity contribution in [2.75, 3.05) is 19.0 Å². The Morgan fingerprint density at radius 1 is 1.08 bits per heavy atom. The molecule has 0 radical (unpaired) electrons. The largest absolute Gasteiger partial charge is 0.497 e. The van der Waals surface area contributed by atoms with Crippen LogP contribution in [0.4, 0.5) is 10.6 Å². The molecule has 2 N–H and O–H groups in total. The lowest BCUT2D eigenvalue weighted by Crippen LogP contribution is -2.45. The monoisotopic (exact) mass is 518 g/mol. The Labute approximate surface area is 219 Å². The minimum Gasteiger partial charge on any atom is -0.497 e. The first-order chi connectivity index (χ1) is 16.7. The Kier molecular flexibility index (Phi) is 10.8. The van der Waals surface area contributed by atoms with Gasteiger partial charge >= 0.3 is 6.09 Å². The normalized spacial score (nSPS) is 12.0. The van der Waals surface area contributed by atoms with Gasteiger partial charge in [-0.25, -0.2) is 9.78 Å². The van der Waals surface area contributed by atoms with Gasteiger partial charge in [-0.3, -0.25) is 9.20 Å². The van der Waals surface area contributed by atoms with Crippen molar-refractivity contribution in [1.82, 2.24) is 24.9 Å². The van der Waals surface area contributed by atoms with Crippen molar-refractivity contribution in [3.8, 4) is 5.75 Å². The van der Waals surface area contributed by atoms with E-state index in [0.717, 1.165) is 41.9 Å². The van der Waals surface area contributed by atoms with E-state index in [1.165, 1.54) is 0 Å². The third-order valence-corrected chi connectivity index (χ3v) is 5.71. The number of unbranched alkanes of at least 4 members (excludes halogenated alkanes) is 2. The fourth-order valence-electron chi connectivity index (χ4n) is 3.96. The summed E-state index contributed by atoms with van der Waals surface area (Å²) in [5.74, 6) is 2.20. The number of amides is 1. The van der Waals surface area contributed by atoms with E-state index in [4.69, 9.17) is 14.5 Å². The molecule has 1 aromatic carbocycles. The van der Waals surface area contributed by atoms with E-state index < -0.39 is 12.1 Å². The molecule has 0 aliphatic heterocycles. The zero-order chi connectivity index (χ0) is 25.5. The van der Waals surface area contributed by atoms with E-state index >= 15 is 0 Å². The van der Waals surface area contributed by atoms with Gasteiger partial charge in [-0.1, -0.05) is 20.3 Å². The zero-order valence-corrected chi connectivity index (χ0v) is 22.9. The molecule has 2 heterocycles. The van der Waals surface area contributed by atoms with Crippen LogP contribution in [-0.2, 0) is 9.53 Å². The van der Waals surface area contributed by atoms with Crippen LogP contribution in [-0.4, -0.2) is 57.3 Å². The van der Waals surface area contributed by atoms with Crippen LogP contribution in [0.25, 0.3) is 16.7 Å². The Balaban J connectivity index is 0.00000456. The van der Waals surface area contributed by atoms with Crippen LogP contribution in [0.2, 0.25) is 0 Å². The lowest BCUT2D eigenvalue weighted by atomic mass is 9.96. The molecule has 0 spiro atoms. The first kappa shape index (κ1) is 29.2. The Bertz CT molecular complexity index is 1180. The molecule has 0 aliphatic rings. The topological polar surface area (TPSA) is 120 Å². The highest BCUT2D eigenvalue weighted by atomic mass is 32.1. The van der Waals surface area contributed by atoms with Gasteiger partial charge in [0.15, 0.2) is 11.6 Å². The first-order valence-corrected chi connectivity index (χ1v) is 12.1. The number of carbonyl (C=O) groups is 2. The second-order valence-electron chi connectivity index (χ2n) is 9.25. The van der Waals surface area contributed by atoms with Crippen molar-refractivity contribution >= 4 is 47.9 Å². The van der Waals surface area contributed by atoms with Gasteiger partial charge in [-0.15, -0.1) is 10.2 Å². The number of hydrogen-bond acceptors (Lipinski definition) is 8. The molecule has 0 saturated carbocycles. The number of fused-ring (bicyclic) bond motifs is 3. The van der Waals surface area contributed by atoms with Crippen molar-refractivity contribution in [2.45, 2.75) is 72.4 Å². The average molecular weight is 519 g/mol. The number of aryl methyl sites for hydroxylation is 1. The van der Waals surface area contributed by atoms with Crippen LogP contribution in [0.3, 0.4) is 0 Å². The van der Waals surface area contributed by atoms with Gasteiger partial charge in [0.05, 0.1) is 30.3 Å². The third kappa shape index (κ3) is 7.22. The predicted molar refractivity (Wildman–Crippen MR) is 145 cm³/mol. The van der Waals surface area contributed by atoms with E-state index in [1.807, 2.05) is 43.4 Å². The van der Waals surface area contributed by atoms with E-state index in [0.29, 0.717) is 24.4 Å². The van der Waals surface area contributed by atoms with Gasteiger partial charge in [0.2, 0.25) is 5.65 Å². The van der Waals surface area contributed by atoms with E-state index in [1.54, 1.807) is 21.0 Å². The number of methoxy groups -OCH3 is 1. The Morgan fingerprint density at radius 3 is 2.50 bits per heavy atom. The van der Waals surface area contributed by atoms with E-state index in [9.17, 15) is 9.59 Å². The molecule has 11 heteroatoms. The highest BCUT2D eigenvalue weighted by Gasteiger charge is 2.24. The number of ether oxygens (including phenoxy) is 2. The van der Waals surface area contributed by atoms with Crippen molar-refractivity contribution in [2.24, 2.45) is 5.92 Å². The zero-order valence-electron chi connectivity index (χ0n) is 21.9. The standard InChI is InChI=1S/C25H36N6O4.H2S/c1-15(2)22(28-25(33)35-16(3)4)21(32)10-8-7-9-13-26-23-24-30-29-17(5)31(24)20-12-11-18(34-6)14-19(20)27-23;/h11-12,14-16,22H,7-10,13H2,1-6H3,(H,26,27)(H,28,33);1H2/t22-;/m0./s1. The number of rotatable bonds is 12. The summed E-state index contributed by atoms with van der Waals surface area (Å²) in [6.07, 6.45) is 2.10. The maximum atomic E-state index is 12.7. The molecule has 1 atom stereocenters. The summed E-state index contributed by atoms with van der Waals surface area (Å²) >= 11 is 0. The van der Waals surface area contributed by atoms with Crippen molar-refractivity contribution < 1.29 is 19.1 Å². The molecule has 0 fully saturated rings. The molecule has 36 heavy (non-hydrogen) atoms. The number of nitrogens with zero attached hydrogens (tertiary/aromatic N) is 4. The third-order valence-electron chi connectivity index (χ3n) is 5.71.